The van der Waals surface area contributed by atoms with Crippen LogP contribution in [0.5, 0.6) is 0 Å². The van der Waals surface area contributed by atoms with E-state index in [4.69, 9.17) is 5.26 Å². The number of halogens is 3. The Bertz CT molecular complexity index is 876. The summed E-state index contributed by atoms with van der Waals surface area (Å²) in [7, 11) is -5.42. The van der Waals surface area contributed by atoms with Crippen molar-refractivity contribution in [3.8, 4) is 17.5 Å². The summed E-state index contributed by atoms with van der Waals surface area (Å²) in [4.78, 5) is 3.92. The molecule has 128 valence electrons. The first-order valence-corrected chi connectivity index (χ1v) is 7.98. The van der Waals surface area contributed by atoms with E-state index in [9.17, 15) is 21.6 Å². The topological polar surface area (TPSA) is 121 Å². The third-order valence-electron chi connectivity index (χ3n) is 3.74. The molecule has 9 nitrogen and oxygen atoms in total. The highest BCUT2D eigenvalue weighted by atomic mass is 32.2. The Morgan fingerprint density at radius 3 is 2.67 bits per heavy atom. The van der Waals surface area contributed by atoms with E-state index in [0.717, 1.165) is 0 Å². The highest BCUT2D eigenvalue weighted by Gasteiger charge is 2.59. The summed E-state index contributed by atoms with van der Waals surface area (Å²) in [6, 6.07) is 1.86. The monoisotopic (exact) mass is 361 g/mol. The molecule has 24 heavy (non-hydrogen) atoms. The molecule has 0 bridgehead atoms. The van der Waals surface area contributed by atoms with Crippen LogP contribution in [-0.4, -0.2) is 56.3 Å². The molecule has 1 fully saturated rings. The van der Waals surface area contributed by atoms with E-state index < -0.39 is 34.2 Å². The zero-order valence-electron chi connectivity index (χ0n) is 11.9. The van der Waals surface area contributed by atoms with Gasteiger partial charge in [-0.1, -0.05) is 0 Å². The molecular formula is C11H10F3N7O2S. The van der Waals surface area contributed by atoms with Gasteiger partial charge in [0.25, 0.3) is 0 Å². The minimum absolute atomic E-state index is 0.186. The van der Waals surface area contributed by atoms with E-state index in [2.05, 4.69) is 20.3 Å². The van der Waals surface area contributed by atoms with Gasteiger partial charge >= 0.3 is 15.5 Å². The Morgan fingerprint density at radius 1 is 1.42 bits per heavy atom. The minimum Gasteiger partial charge on any atom is -0.262 e. The SMILES string of the molecule is N#CCC1(n2cc(-c3ncn[nH]3)cn2)CN(S(=O)(=O)C(F)(F)F)C1. The quantitative estimate of drug-likeness (QED) is 0.844. The maximum atomic E-state index is 12.6. The summed E-state index contributed by atoms with van der Waals surface area (Å²) in [6.07, 6.45) is 3.98. The number of sulfonamides is 1. The van der Waals surface area contributed by atoms with E-state index in [1.165, 1.54) is 23.4 Å². The number of hydrogen-bond donors (Lipinski definition) is 1. The molecular weight excluding hydrogens is 351 g/mol. The van der Waals surface area contributed by atoms with Crippen molar-refractivity contribution in [2.75, 3.05) is 13.1 Å². The molecule has 0 atom stereocenters. The van der Waals surface area contributed by atoms with Crippen molar-refractivity contribution in [3.05, 3.63) is 18.7 Å². The standard InChI is InChI=1S/C11H10F3N7O2S/c12-11(13,14)24(22,23)20-5-10(6-20,1-2-15)21-4-8(3-18-21)9-16-7-17-19-9/h3-4,7H,1,5-6H2,(H,16,17,19). The summed E-state index contributed by atoms with van der Waals surface area (Å²) < 4.78 is 62.2. The third-order valence-corrected chi connectivity index (χ3v) is 5.26. The van der Waals surface area contributed by atoms with Crippen LogP contribution in [0.4, 0.5) is 13.2 Å². The van der Waals surface area contributed by atoms with Crippen LogP contribution >= 0.6 is 0 Å². The molecule has 13 heteroatoms. The number of nitrogens with one attached hydrogen (secondary N) is 1. The van der Waals surface area contributed by atoms with E-state index >= 15 is 0 Å². The van der Waals surface area contributed by atoms with Gasteiger partial charge in [0.2, 0.25) is 0 Å². The van der Waals surface area contributed by atoms with Crippen LogP contribution in [0.1, 0.15) is 6.42 Å². The van der Waals surface area contributed by atoms with Gasteiger partial charge < -0.3 is 0 Å². The van der Waals surface area contributed by atoms with Crippen LogP contribution < -0.4 is 0 Å². The maximum absolute atomic E-state index is 12.6. The fourth-order valence-electron chi connectivity index (χ4n) is 2.46. The molecule has 1 aliphatic heterocycles. The third kappa shape index (κ3) is 2.43. The lowest BCUT2D eigenvalue weighted by molar-refractivity contribution is -0.0565. The van der Waals surface area contributed by atoms with Crippen molar-refractivity contribution >= 4 is 10.0 Å². The van der Waals surface area contributed by atoms with Gasteiger partial charge in [-0.15, -0.1) is 0 Å². The highest BCUT2D eigenvalue weighted by Crippen LogP contribution is 2.39. The Morgan fingerprint density at radius 2 is 2.12 bits per heavy atom. The van der Waals surface area contributed by atoms with Gasteiger partial charge in [-0.25, -0.2) is 13.4 Å². The van der Waals surface area contributed by atoms with Gasteiger partial charge in [0, 0.05) is 19.3 Å². The number of nitriles is 1. The second kappa shape index (κ2) is 5.28. The lowest BCUT2D eigenvalue weighted by Gasteiger charge is -2.47. The normalized spacial score (nSPS) is 18.1. The van der Waals surface area contributed by atoms with Crippen molar-refractivity contribution in [3.63, 3.8) is 0 Å². The number of aromatic amines is 1. The number of alkyl halides is 3. The van der Waals surface area contributed by atoms with E-state index in [1.54, 1.807) is 0 Å². The van der Waals surface area contributed by atoms with Crippen LogP contribution in [-0.2, 0) is 15.6 Å². The second-order valence-corrected chi connectivity index (χ2v) is 7.22. The lowest BCUT2D eigenvalue weighted by atomic mass is 9.89. The number of hydrogen-bond acceptors (Lipinski definition) is 6. The zero-order valence-corrected chi connectivity index (χ0v) is 12.7. The predicted molar refractivity (Wildman–Crippen MR) is 72.4 cm³/mol. The number of aromatic nitrogens is 5. The van der Waals surface area contributed by atoms with Crippen molar-refractivity contribution in [2.24, 2.45) is 0 Å². The van der Waals surface area contributed by atoms with E-state index in [-0.39, 0.29) is 6.42 Å². The Hall–Kier alpha value is -2.46. The van der Waals surface area contributed by atoms with Crippen LogP contribution in [0.15, 0.2) is 18.7 Å². The molecule has 0 aliphatic carbocycles. The molecule has 2 aromatic heterocycles. The first-order valence-electron chi connectivity index (χ1n) is 6.54. The second-order valence-electron chi connectivity index (χ2n) is 5.29. The van der Waals surface area contributed by atoms with E-state index in [0.29, 0.717) is 15.7 Å². The number of H-pyrrole nitrogens is 1. The molecule has 1 N–H and O–H groups in total. The fourth-order valence-corrected chi connectivity index (χ4v) is 3.57. The van der Waals surface area contributed by atoms with Crippen molar-refractivity contribution in [2.45, 2.75) is 17.5 Å². The summed E-state index contributed by atoms with van der Waals surface area (Å²) in [5, 5.41) is 19.3. The van der Waals surface area contributed by atoms with Crippen molar-refractivity contribution < 1.29 is 21.6 Å². The first-order chi connectivity index (χ1) is 11.2. The predicted octanol–water partition coefficient (Wildman–Crippen LogP) is 0.442. The van der Waals surface area contributed by atoms with Gasteiger partial charge in [0.1, 0.15) is 11.9 Å². The Kier molecular flexibility index (Phi) is 3.61. The van der Waals surface area contributed by atoms with Gasteiger partial charge in [0.05, 0.1) is 24.3 Å². The molecule has 0 spiro atoms. The maximum Gasteiger partial charge on any atom is 0.511 e. The fraction of sp³-hybridized carbons (Fsp3) is 0.455. The van der Waals surface area contributed by atoms with Gasteiger partial charge in [0.15, 0.2) is 5.82 Å². The summed E-state index contributed by atoms with van der Waals surface area (Å²) in [5.74, 6) is 0.396. The average molecular weight is 361 g/mol. The largest absolute Gasteiger partial charge is 0.511 e. The molecule has 2 aromatic rings. The molecule has 3 heterocycles. The number of nitrogens with zero attached hydrogens (tertiary/aromatic N) is 6. The van der Waals surface area contributed by atoms with Gasteiger partial charge in [-0.2, -0.15) is 32.9 Å². The van der Waals surface area contributed by atoms with Crippen LogP contribution in [0.2, 0.25) is 0 Å². The molecule has 0 aromatic carbocycles. The zero-order chi connectivity index (χ0) is 17.6. The molecule has 0 amide bonds. The van der Waals surface area contributed by atoms with Gasteiger partial charge in [-0.05, 0) is 0 Å². The summed E-state index contributed by atoms with van der Waals surface area (Å²) >= 11 is 0. The summed E-state index contributed by atoms with van der Waals surface area (Å²) in [6.45, 7) is -0.972. The van der Waals surface area contributed by atoms with Crippen molar-refractivity contribution in [1.82, 2.24) is 29.3 Å². The van der Waals surface area contributed by atoms with E-state index in [1.807, 2.05) is 6.07 Å². The molecule has 3 rings (SSSR count). The summed E-state index contributed by atoms with van der Waals surface area (Å²) in [5.41, 5.74) is -6.01. The molecule has 0 radical (unpaired) electrons. The number of rotatable bonds is 4. The smallest absolute Gasteiger partial charge is 0.262 e. The van der Waals surface area contributed by atoms with Gasteiger partial charge in [-0.3, -0.25) is 9.78 Å². The lowest BCUT2D eigenvalue weighted by Crippen LogP contribution is -2.65. The Balaban J connectivity index is 1.87. The molecule has 1 saturated heterocycles. The average Bonchev–Trinajstić information content (AvgIpc) is 3.10. The highest BCUT2D eigenvalue weighted by molar-refractivity contribution is 7.90. The first kappa shape index (κ1) is 16.4. The minimum atomic E-state index is -5.42. The van der Waals surface area contributed by atoms with Crippen LogP contribution in [0, 0.1) is 11.3 Å². The Labute approximate surface area is 133 Å². The van der Waals surface area contributed by atoms with Crippen LogP contribution in [0.3, 0.4) is 0 Å². The molecule has 0 unspecified atom stereocenters. The van der Waals surface area contributed by atoms with Crippen LogP contribution in [0.25, 0.3) is 11.4 Å². The van der Waals surface area contributed by atoms with Crippen molar-refractivity contribution in [1.29, 1.82) is 5.26 Å². The molecule has 0 saturated carbocycles. The molecule has 1 aliphatic rings.